The lowest BCUT2D eigenvalue weighted by molar-refractivity contribution is 0.240. The highest BCUT2D eigenvalue weighted by molar-refractivity contribution is 7.86. The van der Waals surface area contributed by atoms with Gasteiger partial charge in [-0.15, -0.1) is 11.6 Å². The Morgan fingerprint density at radius 1 is 1.38 bits per heavy atom. The molecule has 0 saturated heterocycles. The second-order valence-electron chi connectivity index (χ2n) is 3.11. The molecule has 0 bridgehead atoms. The van der Waals surface area contributed by atoms with Crippen molar-refractivity contribution >= 4 is 44.9 Å². The summed E-state index contributed by atoms with van der Waals surface area (Å²) in [7, 11) is -3.59. The standard InChI is InChI=1S/C9H9Cl3O3S/c1-16(13,14)15-9(5-10)7-3-2-6(11)4-8(7)12/h2-4,9H,5H2,1H3/t9-/m1/s1. The van der Waals surface area contributed by atoms with Crippen LogP contribution in [0.25, 0.3) is 0 Å². The van der Waals surface area contributed by atoms with Crippen LogP contribution >= 0.6 is 34.8 Å². The number of alkyl halides is 1. The first-order chi connectivity index (χ1) is 7.33. The topological polar surface area (TPSA) is 43.4 Å². The fraction of sp³-hybridized carbons (Fsp3) is 0.333. The molecule has 0 heterocycles. The second-order valence-corrected chi connectivity index (χ2v) is 5.86. The summed E-state index contributed by atoms with van der Waals surface area (Å²) in [6.07, 6.45) is 0.151. The minimum atomic E-state index is -3.59. The van der Waals surface area contributed by atoms with E-state index in [0.717, 1.165) is 6.26 Å². The van der Waals surface area contributed by atoms with Gasteiger partial charge in [0, 0.05) is 15.6 Å². The molecule has 16 heavy (non-hydrogen) atoms. The summed E-state index contributed by atoms with van der Waals surface area (Å²) in [5.74, 6) is -0.0194. The van der Waals surface area contributed by atoms with Gasteiger partial charge in [0.25, 0.3) is 10.1 Å². The molecule has 0 aliphatic heterocycles. The zero-order valence-electron chi connectivity index (χ0n) is 8.28. The van der Waals surface area contributed by atoms with Crippen molar-refractivity contribution in [2.75, 3.05) is 12.1 Å². The lowest BCUT2D eigenvalue weighted by Crippen LogP contribution is -2.12. The van der Waals surface area contributed by atoms with Gasteiger partial charge in [0.05, 0.1) is 12.1 Å². The van der Waals surface area contributed by atoms with Crippen molar-refractivity contribution in [2.24, 2.45) is 0 Å². The lowest BCUT2D eigenvalue weighted by atomic mass is 10.1. The van der Waals surface area contributed by atoms with Crippen molar-refractivity contribution in [1.82, 2.24) is 0 Å². The average Bonchev–Trinajstić information content (AvgIpc) is 2.13. The van der Waals surface area contributed by atoms with E-state index in [9.17, 15) is 8.42 Å². The third kappa shape index (κ3) is 4.11. The fourth-order valence-electron chi connectivity index (χ4n) is 1.13. The van der Waals surface area contributed by atoms with Crippen LogP contribution in [0.2, 0.25) is 10.0 Å². The Balaban J connectivity index is 3.04. The third-order valence-electron chi connectivity index (χ3n) is 1.74. The molecule has 0 amide bonds. The molecule has 1 rings (SSSR count). The van der Waals surface area contributed by atoms with E-state index in [2.05, 4.69) is 0 Å². The summed E-state index contributed by atoms with van der Waals surface area (Å²) in [6, 6.07) is 4.68. The van der Waals surface area contributed by atoms with Gasteiger partial charge in [0.2, 0.25) is 0 Å². The number of hydrogen-bond donors (Lipinski definition) is 0. The zero-order chi connectivity index (χ0) is 12.3. The quantitative estimate of drug-likeness (QED) is 0.633. The maximum atomic E-state index is 11.0. The minimum absolute atomic E-state index is 0.0194. The molecule has 7 heteroatoms. The zero-order valence-corrected chi connectivity index (χ0v) is 11.4. The first kappa shape index (κ1) is 14.1. The van der Waals surface area contributed by atoms with Gasteiger partial charge in [0.15, 0.2) is 0 Å². The van der Waals surface area contributed by atoms with Crippen LogP contribution in [-0.4, -0.2) is 20.6 Å². The normalized spacial score (nSPS) is 13.8. The van der Waals surface area contributed by atoms with Crippen molar-refractivity contribution in [3.8, 4) is 0 Å². The molecule has 0 spiro atoms. The molecule has 0 aliphatic rings. The smallest absolute Gasteiger partial charge is 0.261 e. The van der Waals surface area contributed by atoms with Gasteiger partial charge in [-0.2, -0.15) is 8.42 Å². The molecular weight excluding hydrogens is 295 g/mol. The molecule has 3 nitrogen and oxygen atoms in total. The van der Waals surface area contributed by atoms with Crippen LogP contribution < -0.4 is 0 Å². The predicted molar refractivity (Wildman–Crippen MR) is 65.9 cm³/mol. The van der Waals surface area contributed by atoms with Crippen LogP contribution in [0.3, 0.4) is 0 Å². The van der Waals surface area contributed by atoms with Crippen LogP contribution in [0.4, 0.5) is 0 Å². The summed E-state index contributed by atoms with van der Waals surface area (Å²) in [5, 5.41) is 0.781. The first-order valence-electron chi connectivity index (χ1n) is 4.22. The van der Waals surface area contributed by atoms with Gasteiger partial charge >= 0.3 is 0 Å². The van der Waals surface area contributed by atoms with Gasteiger partial charge < -0.3 is 0 Å². The second kappa shape index (κ2) is 5.56. The van der Waals surface area contributed by atoms with Crippen molar-refractivity contribution in [3.63, 3.8) is 0 Å². The van der Waals surface area contributed by atoms with Gasteiger partial charge in [-0.1, -0.05) is 29.3 Å². The molecule has 0 radical (unpaired) electrons. The largest absolute Gasteiger partial charge is 0.265 e. The first-order valence-corrected chi connectivity index (χ1v) is 7.33. The van der Waals surface area contributed by atoms with Crippen LogP contribution in [0.1, 0.15) is 11.7 Å². The van der Waals surface area contributed by atoms with Gasteiger partial charge in [0.1, 0.15) is 6.10 Å². The predicted octanol–water partition coefficient (Wildman–Crippen LogP) is 3.25. The Morgan fingerprint density at radius 3 is 2.44 bits per heavy atom. The summed E-state index contributed by atoms with van der Waals surface area (Å²) in [5.41, 5.74) is 0.492. The van der Waals surface area contributed by atoms with E-state index in [1.54, 1.807) is 12.1 Å². The van der Waals surface area contributed by atoms with Crippen LogP contribution in [-0.2, 0) is 14.3 Å². The van der Waals surface area contributed by atoms with Crippen molar-refractivity contribution in [1.29, 1.82) is 0 Å². The van der Waals surface area contributed by atoms with Gasteiger partial charge in [-0.3, -0.25) is 4.18 Å². The number of benzene rings is 1. The van der Waals surface area contributed by atoms with E-state index in [-0.39, 0.29) is 5.88 Å². The van der Waals surface area contributed by atoms with Crippen molar-refractivity contribution in [2.45, 2.75) is 6.10 Å². The Kier molecular flexibility index (Phi) is 4.88. The molecule has 90 valence electrons. The summed E-state index contributed by atoms with van der Waals surface area (Å²) >= 11 is 17.3. The maximum Gasteiger partial charge on any atom is 0.265 e. The molecule has 0 N–H and O–H groups in total. The molecular formula is C9H9Cl3O3S. The third-order valence-corrected chi connectivity index (χ3v) is 3.17. The summed E-state index contributed by atoms with van der Waals surface area (Å²) in [4.78, 5) is 0. The van der Waals surface area contributed by atoms with Crippen molar-refractivity contribution in [3.05, 3.63) is 33.8 Å². The Morgan fingerprint density at radius 2 is 2.00 bits per heavy atom. The molecule has 1 aromatic rings. The molecule has 0 aromatic heterocycles. The molecule has 0 aliphatic carbocycles. The van der Waals surface area contributed by atoms with E-state index in [1.165, 1.54) is 6.07 Å². The molecule has 0 saturated carbocycles. The van der Waals surface area contributed by atoms with E-state index < -0.39 is 16.2 Å². The molecule has 1 atom stereocenters. The van der Waals surface area contributed by atoms with E-state index in [0.29, 0.717) is 15.6 Å². The Hall–Kier alpha value is -0.000000000000000111. The Bertz CT molecular complexity index is 473. The number of rotatable bonds is 4. The summed E-state index contributed by atoms with van der Waals surface area (Å²) < 4.78 is 26.8. The SMILES string of the molecule is CS(=O)(=O)O[C@H](CCl)c1ccc(Cl)cc1Cl. The van der Waals surface area contributed by atoms with Gasteiger partial charge in [-0.25, -0.2) is 0 Å². The van der Waals surface area contributed by atoms with Crippen LogP contribution in [0.15, 0.2) is 18.2 Å². The molecule has 1 aromatic carbocycles. The average molecular weight is 304 g/mol. The highest BCUT2D eigenvalue weighted by atomic mass is 35.5. The number of hydrogen-bond acceptors (Lipinski definition) is 3. The fourth-order valence-corrected chi connectivity index (χ4v) is 2.56. The molecule has 0 unspecified atom stereocenters. The van der Waals surface area contributed by atoms with Gasteiger partial charge in [-0.05, 0) is 12.1 Å². The minimum Gasteiger partial charge on any atom is -0.261 e. The molecule has 0 fully saturated rings. The highest BCUT2D eigenvalue weighted by Gasteiger charge is 2.19. The van der Waals surface area contributed by atoms with E-state index in [1.807, 2.05) is 0 Å². The monoisotopic (exact) mass is 302 g/mol. The summed E-state index contributed by atoms with van der Waals surface area (Å²) in [6.45, 7) is 0. The Labute approximate surface area is 109 Å². The maximum absolute atomic E-state index is 11.0. The number of halogens is 3. The van der Waals surface area contributed by atoms with E-state index in [4.69, 9.17) is 39.0 Å². The lowest BCUT2D eigenvalue weighted by Gasteiger charge is -2.15. The van der Waals surface area contributed by atoms with Crippen molar-refractivity contribution < 1.29 is 12.6 Å². The highest BCUT2D eigenvalue weighted by Crippen LogP contribution is 2.30. The van der Waals surface area contributed by atoms with E-state index >= 15 is 0 Å². The van der Waals surface area contributed by atoms with Crippen LogP contribution in [0, 0.1) is 0 Å². The van der Waals surface area contributed by atoms with Crippen LogP contribution in [0.5, 0.6) is 0 Å².